The Morgan fingerprint density at radius 3 is 2.86 bits per heavy atom. The maximum absolute atomic E-state index is 12.2. The average molecular weight is 377 g/mol. The third kappa shape index (κ3) is 3.94. The molecule has 0 amide bonds. The van der Waals surface area contributed by atoms with E-state index in [9.17, 15) is 8.42 Å². The van der Waals surface area contributed by atoms with Crippen LogP contribution in [-0.2, 0) is 23.0 Å². The highest BCUT2D eigenvalue weighted by Crippen LogP contribution is 2.25. The van der Waals surface area contributed by atoms with Gasteiger partial charge in [0.15, 0.2) is 4.67 Å². The molecule has 0 fully saturated rings. The number of nitrogens with two attached hydrogens (primary N) is 1. The Morgan fingerprint density at radius 2 is 2.29 bits per heavy atom. The highest BCUT2D eigenvalue weighted by molar-refractivity contribution is 9.10. The molecule has 0 atom stereocenters. The monoisotopic (exact) mass is 376 g/mol. The first-order valence-electron chi connectivity index (χ1n) is 6.41. The van der Waals surface area contributed by atoms with Gasteiger partial charge in [-0.05, 0) is 41.3 Å². The minimum absolute atomic E-state index is 0.0717. The average Bonchev–Trinajstić information content (AvgIpc) is 3.01. The number of sulfonamides is 1. The molecule has 4 N–H and O–H groups in total. The molecule has 0 saturated heterocycles. The number of aromatic nitrogens is 2. The van der Waals surface area contributed by atoms with Crippen molar-refractivity contribution in [3.8, 4) is 0 Å². The van der Waals surface area contributed by atoms with E-state index >= 15 is 0 Å². The van der Waals surface area contributed by atoms with E-state index in [1.54, 1.807) is 6.20 Å². The lowest BCUT2D eigenvalue weighted by Gasteiger charge is -2.05. The Labute approximate surface area is 131 Å². The van der Waals surface area contributed by atoms with Crippen molar-refractivity contribution in [3.05, 3.63) is 34.0 Å². The van der Waals surface area contributed by atoms with Crippen LogP contribution in [0.5, 0.6) is 0 Å². The first-order chi connectivity index (χ1) is 9.94. The van der Waals surface area contributed by atoms with Crippen molar-refractivity contribution in [1.82, 2.24) is 14.9 Å². The molecule has 0 saturated carbocycles. The van der Waals surface area contributed by atoms with Gasteiger partial charge in [-0.2, -0.15) is 5.10 Å². The number of H-pyrrole nitrogens is 1. The Balaban J connectivity index is 1.92. The zero-order valence-electron chi connectivity index (χ0n) is 11.5. The number of furan rings is 1. The standard InChI is InChI=1S/C12H17BrN4O3S/c1-8-9(7-15-17-8)3-2-4-16-21(18,19)11-5-10(6-14)20-12(11)13/h5,7,16H,2-4,6,14H2,1H3,(H,15,17). The zero-order valence-corrected chi connectivity index (χ0v) is 13.9. The molecule has 2 aromatic rings. The fourth-order valence-electron chi connectivity index (χ4n) is 1.87. The van der Waals surface area contributed by atoms with E-state index in [0.29, 0.717) is 18.7 Å². The van der Waals surface area contributed by atoms with Crippen molar-refractivity contribution < 1.29 is 12.8 Å². The molecule has 2 heterocycles. The molecule has 0 aromatic carbocycles. The number of halogens is 1. The number of hydrogen-bond acceptors (Lipinski definition) is 5. The second-order valence-electron chi connectivity index (χ2n) is 4.58. The first kappa shape index (κ1) is 16.2. The minimum Gasteiger partial charge on any atom is -0.452 e. The predicted octanol–water partition coefficient (Wildman–Crippen LogP) is 1.44. The normalized spacial score (nSPS) is 12.0. The van der Waals surface area contributed by atoms with E-state index in [1.165, 1.54) is 6.07 Å². The van der Waals surface area contributed by atoms with Gasteiger partial charge in [0.1, 0.15) is 10.7 Å². The van der Waals surface area contributed by atoms with Gasteiger partial charge in [0, 0.05) is 18.3 Å². The number of rotatable bonds is 7. The summed E-state index contributed by atoms with van der Waals surface area (Å²) in [5.74, 6) is 0.413. The molecular formula is C12H17BrN4O3S. The Morgan fingerprint density at radius 1 is 1.52 bits per heavy atom. The highest BCUT2D eigenvalue weighted by Gasteiger charge is 2.21. The van der Waals surface area contributed by atoms with Gasteiger partial charge in [0.05, 0.1) is 12.7 Å². The van der Waals surface area contributed by atoms with Gasteiger partial charge in [-0.3, -0.25) is 5.10 Å². The summed E-state index contributed by atoms with van der Waals surface area (Å²) in [6, 6.07) is 1.42. The van der Waals surface area contributed by atoms with Gasteiger partial charge >= 0.3 is 0 Å². The van der Waals surface area contributed by atoms with Crippen molar-refractivity contribution in [2.45, 2.75) is 31.2 Å². The molecule has 0 unspecified atom stereocenters. The van der Waals surface area contributed by atoms with E-state index in [0.717, 1.165) is 17.7 Å². The summed E-state index contributed by atoms with van der Waals surface area (Å²) < 4.78 is 32.2. The molecule has 0 aliphatic rings. The summed E-state index contributed by atoms with van der Waals surface area (Å²) in [7, 11) is -3.60. The highest BCUT2D eigenvalue weighted by atomic mass is 79.9. The van der Waals surface area contributed by atoms with Crippen LogP contribution < -0.4 is 10.5 Å². The lowest BCUT2D eigenvalue weighted by Crippen LogP contribution is -2.25. The molecule has 0 radical (unpaired) electrons. The van der Waals surface area contributed by atoms with Crippen LogP contribution in [0.2, 0.25) is 0 Å². The van der Waals surface area contributed by atoms with Crippen molar-refractivity contribution in [2.24, 2.45) is 5.73 Å². The van der Waals surface area contributed by atoms with Gasteiger partial charge < -0.3 is 10.2 Å². The molecule has 9 heteroatoms. The second-order valence-corrected chi connectivity index (χ2v) is 7.03. The third-order valence-corrected chi connectivity index (χ3v) is 5.36. The van der Waals surface area contributed by atoms with Crippen molar-refractivity contribution in [2.75, 3.05) is 6.54 Å². The van der Waals surface area contributed by atoms with Crippen LogP contribution in [0.15, 0.2) is 26.2 Å². The predicted molar refractivity (Wildman–Crippen MR) is 81.1 cm³/mol. The molecule has 116 valence electrons. The lowest BCUT2D eigenvalue weighted by atomic mass is 10.1. The maximum atomic E-state index is 12.2. The van der Waals surface area contributed by atoms with Crippen LogP contribution in [0.3, 0.4) is 0 Å². The number of aryl methyl sites for hydroxylation is 2. The number of nitrogens with zero attached hydrogens (tertiary/aromatic N) is 1. The van der Waals surface area contributed by atoms with Crippen LogP contribution in [0, 0.1) is 6.92 Å². The summed E-state index contributed by atoms with van der Waals surface area (Å²) in [5, 5.41) is 6.78. The van der Waals surface area contributed by atoms with E-state index in [4.69, 9.17) is 10.2 Å². The minimum atomic E-state index is -3.60. The Hall–Kier alpha value is -1.16. The summed E-state index contributed by atoms with van der Waals surface area (Å²) in [5.41, 5.74) is 7.52. The molecule has 21 heavy (non-hydrogen) atoms. The van der Waals surface area contributed by atoms with Gasteiger partial charge in [0.2, 0.25) is 10.0 Å². The van der Waals surface area contributed by atoms with E-state index in [2.05, 4.69) is 30.8 Å². The van der Waals surface area contributed by atoms with E-state index < -0.39 is 10.0 Å². The topological polar surface area (TPSA) is 114 Å². The molecule has 0 aliphatic carbocycles. The van der Waals surface area contributed by atoms with Gasteiger partial charge in [0.25, 0.3) is 0 Å². The zero-order chi connectivity index (χ0) is 15.5. The smallest absolute Gasteiger partial charge is 0.244 e. The van der Waals surface area contributed by atoms with Crippen LogP contribution >= 0.6 is 15.9 Å². The van der Waals surface area contributed by atoms with E-state index in [-0.39, 0.29) is 16.1 Å². The molecule has 2 rings (SSSR count). The van der Waals surface area contributed by atoms with Gasteiger partial charge in [-0.15, -0.1) is 0 Å². The lowest BCUT2D eigenvalue weighted by molar-refractivity contribution is 0.483. The Kier molecular flexibility index (Phi) is 5.20. The SMILES string of the molecule is Cc1[nH]ncc1CCCNS(=O)(=O)c1cc(CN)oc1Br. The molecule has 7 nitrogen and oxygen atoms in total. The van der Waals surface area contributed by atoms with Crippen LogP contribution in [0.1, 0.15) is 23.4 Å². The fourth-order valence-corrected chi connectivity index (χ4v) is 3.94. The molecule has 0 spiro atoms. The summed E-state index contributed by atoms with van der Waals surface area (Å²) in [6.45, 7) is 2.42. The fraction of sp³-hybridized carbons (Fsp3) is 0.417. The number of aromatic amines is 1. The number of nitrogens with one attached hydrogen (secondary N) is 2. The van der Waals surface area contributed by atoms with E-state index in [1.807, 2.05) is 6.92 Å². The first-order valence-corrected chi connectivity index (χ1v) is 8.68. The van der Waals surface area contributed by atoms with Crippen molar-refractivity contribution >= 4 is 26.0 Å². The largest absolute Gasteiger partial charge is 0.452 e. The quantitative estimate of drug-likeness (QED) is 0.632. The molecular weight excluding hydrogens is 360 g/mol. The molecule has 2 aromatic heterocycles. The van der Waals surface area contributed by atoms with Crippen molar-refractivity contribution in [1.29, 1.82) is 0 Å². The third-order valence-electron chi connectivity index (χ3n) is 3.05. The molecule has 0 bridgehead atoms. The van der Waals surface area contributed by atoms with Gasteiger partial charge in [-0.1, -0.05) is 0 Å². The Bertz CT molecular complexity index is 708. The summed E-state index contributed by atoms with van der Waals surface area (Å²) in [6.07, 6.45) is 3.19. The summed E-state index contributed by atoms with van der Waals surface area (Å²) in [4.78, 5) is 0.0717. The van der Waals surface area contributed by atoms with Crippen LogP contribution in [0.25, 0.3) is 0 Å². The molecule has 0 aliphatic heterocycles. The van der Waals surface area contributed by atoms with Gasteiger partial charge in [-0.25, -0.2) is 13.1 Å². The summed E-state index contributed by atoms with van der Waals surface area (Å²) >= 11 is 3.09. The number of hydrogen-bond donors (Lipinski definition) is 3. The second kappa shape index (κ2) is 6.73. The maximum Gasteiger partial charge on any atom is 0.244 e. The van der Waals surface area contributed by atoms with Crippen molar-refractivity contribution in [3.63, 3.8) is 0 Å². The van der Waals surface area contributed by atoms with Crippen LogP contribution in [0.4, 0.5) is 0 Å². The van der Waals surface area contributed by atoms with Crippen LogP contribution in [-0.4, -0.2) is 25.2 Å².